The van der Waals surface area contributed by atoms with Crippen LogP contribution in [-0.2, 0) is 6.42 Å². The molecule has 3 aromatic carbocycles. The summed E-state index contributed by atoms with van der Waals surface area (Å²) in [6.45, 7) is 6.33. The topological polar surface area (TPSA) is 60.0 Å². The summed E-state index contributed by atoms with van der Waals surface area (Å²) in [7, 11) is 4.95. The number of benzene rings is 3. The zero-order valence-corrected chi connectivity index (χ0v) is 18.4. The van der Waals surface area contributed by atoms with Crippen LogP contribution in [0.4, 0.5) is 0 Å². The van der Waals surface area contributed by atoms with Crippen LogP contribution < -0.4 is 19.5 Å². The Morgan fingerprint density at radius 3 is 2.37 bits per heavy atom. The average molecular weight is 408 g/mol. The normalized spacial score (nSPS) is 18.2. The lowest BCUT2D eigenvalue weighted by molar-refractivity contribution is 0.372. The molecule has 0 aromatic heterocycles. The van der Waals surface area contributed by atoms with Crippen molar-refractivity contribution in [3.05, 3.63) is 47.0 Å². The first kappa shape index (κ1) is 20.4. The Labute approximate surface area is 177 Å². The van der Waals surface area contributed by atoms with Crippen molar-refractivity contribution < 1.29 is 19.3 Å². The lowest BCUT2D eigenvalue weighted by Crippen LogP contribution is -2.36. The third-order valence-corrected chi connectivity index (χ3v) is 5.97. The van der Waals surface area contributed by atoms with Crippen molar-refractivity contribution >= 4 is 10.8 Å². The van der Waals surface area contributed by atoms with Crippen LogP contribution in [0.3, 0.4) is 0 Å². The fraction of sp³-hybridized carbons (Fsp3) is 0.360. The number of methoxy groups -OCH3 is 3. The van der Waals surface area contributed by atoms with Crippen LogP contribution in [0.15, 0.2) is 30.3 Å². The van der Waals surface area contributed by atoms with Crippen LogP contribution in [0.2, 0.25) is 0 Å². The standard InChI is InChI=1S/C25H29NO4/c1-13-9-16-7-8-18(24(27)22(16)19(10-13)28-4)23-20(29-5)12-17-11-14(2)26-15(3)21(17)25(23)30-6/h7-10,12,14-15,26-27H,11H2,1-6H3/t14-,15-/m0/s1. The predicted molar refractivity (Wildman–Crippen MR) is 120 cm³/mol. The van der Waals surface area contributed by atoms with Gasteiger partial charge >= 0.3 is 0 Å². The summed E-state index contributed by atoms with van der Waals surface area (Å²) in [6, 6.07) is 10.5. The first-order valence-electron chi connectivity index (χ1n) is 10.2. The van der Waals surface area contributed by atoms with Crippen LogP contribution in [0.5, 0.6) is 23.0 Å². The molecule has 3 aromatic rings. The van der Waals surface area contributed by atoms with E-state index >= 15 is 0 Å². The van der Waals surface area contributed by atoms with E-state index in [1.54, 1.807) is 21.3 Å². The van der Waals surface area contributed by atoms with Crippen LogP contribution in [0.1, 0.15) is 36.6 Å². The van der Waals surface area contributed by atoms with E-state index in [-0.39, 0.29) is 11.8 Å². The molecule has 4 rings (SSSR count). The Morgan fingerprint density at radius 2 is 1.70 bits per heavy atom. The fourth-order valence-electron chi connectivity index (χ4n) is 4.79. The molecule has 2 atom stereocenters. The summed E-state index contributed by atoms with van der Waals surface area (Å²) < 4.78 is 17.3. The number of aryl methyl sites for hydroxylation is 1. The van der Waals surface area contributed by atoms with E-state index in [0.717, 1.165) is 34.2 Å². The molecule has 0 saturated carbocycles. The molecule has 0 unspecified atom stereocenters. The molecule has 5 heteroatoms. The van der Waals surface area contributed by atoms with E-state index in [1.807, 2.05) is 31.2 Å². The number of nitrogens with one attached hydrogen (secondary N) is 1. The van der Waals surface area contributed by atoms with Gasteiger partial charge in [0, 0.05) is 23.2 Å². The Kier molecular flexibility index (Phi) is 5.24. The second kappa shape index (κ2) is 7.73. The maximum atomic E-state index is 11.4. The minimum atomic E-state index is 0.128. The zero-order valence-electron chi connectivity index (χ0n) is 18.4. The smallest absolute Gasteiger partial charge is 0.135 e. The lowest BCUT2D eigenvalue weighted by atomic mass is 9.86. The third-order valence-electron chi connectivity index (χ3n) is 5.97. The molecule has 0 aliphatic carbocycles. The molecule has 1 aliphatic rings. The van der Waals surface area contributed by atoms with Crippen LogP contribution >= 0.6 is 0 Å². The van der Waals surface area contributed by atoms with Crippen molar-refractivity contribution in [3.63, 3.8) is 0 Å². The summed E-state index contributed by atoms with van der Waals surface area (Å²) in [4.78, 5) is 0. The van der Waals surface area contributed by atoms with Gasteiger partial charge in [0.15, 0.2) is 0 Å². The number of phenols is 1. The van der Waals surface area contributed by atoms with Gasteiger partial charge in [-0.3, -0.25) is 0 Å². The number of hydrogen-bond acceptors (Lipinski definition) is 5. The third kappa shape index (κ3) is 3.14. The van der Waals surface area contributed by atoms with Crippen LogP contribution in [0.25, 0.3) is 21.9 Å². The number of rotatable bonds is 4. The van der Waals surface area contributed by atoms with Gasteiger partial charge in [0.2, 0.25) is 0 Å². The van der Waals surface area contributed by atoms with Gasteiger partial charge in [0.05, 0.1) is 32.3 Å². The first-order chi connectivity index (χ1) is 14.4. The van der Waals surface area contributed by atoms with Gasteiger partial charge in [-0.1, -0.05) is 12.1 Å². The van der Waals surface area contributed by atoms with Crippen molar-refractivity contribution in [1.29, 1.82) is 0 Å². The van der Waals surface area contributed by atoms with Gasteiger partial charge in [-0.05, 0) is 61.9 Å². The maximum Gasteiger partial charge on any atom is 0.135 e. The molecule has 0 fully saturated rings. The van der Waals surface area contributed by atoms with E-state index in [1.165, 1.54) is 5.56 Å². The van der Waals surface area contributed by atoms with Crippen molar-refractivity contribution in [2.24, 2.45) is 0 Å². The van der Waals surface area contributed by atoms with E-state index in [0.29, 0.717) is 28.5 Å². The molecule has 1 aliphatic heterocycles. The molecule has 158 valence electrons. The minimum Gasteiger partial charge on any atom is -0.507 e. The van der Waals surface area contributed by atoms with E-state index in [4.69, 9.17) is 14.2 Å². The van der Waals surface area contributed by atoms with Crippen molar-refractivity contribution in [3.8, 4) is 34.1 Å². The zero-order chi connectivity index (χ0) is 21.6. The highest BCUT2D eigenvalue weighted by atomic mass is 16.5. The van der Waals surface area contributed by atoms with Gasteiger partial charge < -0.3 is 24.6 Å². The quantitative estimate of drug-likeness (QED) is 0.627. The SMILES string of the molecule is COc1cc2c(c(OC)c1-c1ccc3cc(C)cc(OC)c3c1O)[C@H](C)N[C@@H](C)C2. The highest BCUT2D eigenvalue weighted by Crippen LogP contribution is 2.51. The molecule has 0 bridgehead atoms. The van der Waals surface area contributed by atoms with Gasteiger partial charge in [-0.15, -0.1) is 0 Å². The molecule has 30 heavy (non-hydrogen) atoms. The molecule has 5 nitrogen and oxygen atoms in total. The summed E-state index contributed by atoms with van der Waals surface area (Å²) in [5.41, 5.74) is 4.81. The first-order valence-corrected chi connectivity index (χ1v) is 10.2. The summed E-state index contributed by atoms with van der Waals surface area (Å²) in [5, 5.41) is 16.5. The molecular formula is C25H29NO4. The molecule has 0 saturated heterocycles. The van der Waals surface area contributed by atoms with Crippen molar-refractivity contribution in [2.45, 2.75) is 39.3 Å². The minimum absolute atomic E-state index is 0.128. The summed E-state index contributed by atoms with van der Waals surface area (Å²) in [6.07, 6.45) is 0.892. The molecular weight excluding hydrogens is 378 g/mol. The average Bonchev–Trinajstić information content (AvgIpc) is 2.71. The van der Waals surface area contributed by atoms with E-state index in [9.17, 15) is 5.11 Å². The molecule has 2 N–H and O–H groups in total. The monoisotopic (exact) mass is 407 g/mol. The summed E-state index contributed by atoms with van der Waals surface area (Å²) in [5.74, 6) is 2.22. The Balaban J connectivity index is 2.06. The highest BCUT2D eigenvalue weighted by molar-refractivity contribution is 6.01. The van der Waals surface area contributed by atoms with E-state index in [2.05, 4.69) is 25.2 Å². The predicted octanol–water partition coefficient (Wildman–Crippen LogP) is 5.14. The Morgan fingerprint density at radius 1 is 0.967 bits per heavy atom. The van der Waals surface area contributed by atoms with E-state index < -0.39 is 0 Å². The second-order valence-corrected chi connectivity index (χ2v) is 8.08. The molecule has 0 amide bonds. The van der Waals surface area contributed by atoms with Gasteiger partial charge in [0.1, 0.15) is 23.0 Å². The Hall–Kier alpha value is -2.92. The number of fused-ring (bicyclic) bond motifs is 2. The Bertz CT molecular complexity index is 1120. The number of phenolic OH excluding ortho intramolecular Hbond substituents is 1. The maximum absolute atomic E-state index is 11.4. The highest BCUT2D eigenvalue weighted by Gasteiger charge is 2.30. The largest absolute Gasteiger partial charge is 0.507 e. The molecule has 0 radical (unpaired) electrons. The van der Waals surface area contributed by atoms with Crippen molar-refractivity contribution in [2.75, 3.05) is 21.3 Å². The summed E-state index contributed by atoms with van der Waals surface area (Å²) >= 11 is 0. The van der Waals surface area contributed by atoms with Crippen LogP contribution in [0, 0.1) is 6.92 Å². The van der Waals surface area contributed by atoms with Gasteiger partial charge in [0.25, 0.3) is 0 Å². The second-order valence-electron chi connectivity index (χ2n) is 8.08. The number of hydrogen-bond donors (Lipinski definition) is 2. The van der Waals surface area contributed by atoms with Gasteiger partial charge in [-0.25, -0.2) is 0 Å². The number of ether oxygens (including phenoxy) is 3. The van der Waals surface area contributed by atoms with Crippen LogP contribution in [-0.4, -0.2) is 32.5 Å². The molecule has 0 spiro atoms. The van der Waals surface area contributed by atoms with Gasteiger partial charge in [-0.2, -0.15) is 0 Å². The molecule has 1 heterocycles. The lowest BCUT2D eigenvalue weighted by Gasteiger charge is -2.32. The fourth-order valence-corrected chi connectivity index (χ4v) is 4.79. The van der Waals surface area contributed by atoms with Crippen molar-refractivity contribution in [1.82, 2.24) is 5.32 Å². The number of aromatic hydroxyl groups is 1.